The first kappa shape index (κ1) is 16.0. The van der Waals surface area contributed by atoms with Crippen LogP contribution in [-0.4, -0.2) is 28.5 Å². The lowest BCUT2D eigenvalue weighted by Gasteiger charge is -2.31. The van der Waals surface area contributed by atoms with Crippen molar-refractivity contribution >= 4 is 22.3 Å². The molecule has 2 aromatic heterocycles. The predicted octanol–water partition coefficient (Wildman–Crippen LogP) is 0.439. The summed E-state index contributed by atoms with van der Waals surface area (Å²) in [4.78, 5) is 30.8. The van der Waals surface area contributed by atoms with Crippen molar-refractivity contribution in [2.45, 2.75) is 25.6 Å². The smallest absolute Gasteiger partial charge is 0.365 e. The number of hydrogen-bond acceptors (Lipinski definition) is 5. The van der Waals surface area contributed by atoms with Crippen LogP contribution in [0.4, 0.5) is 0 Å². The molecule has 1 aromatic carbocycles. The van der Waals surface area contributed by atoms with Crippen LogP contribution in [0.3, 0.4) is 0 Å². The number of nitrogens with zero attached hydrogens (tertiary/aromatic N) is 2. The molecule has 0 aliphatic carbocycles. The number of quaternary nitrogens is 1. The summed E-state index contributed by atoms with van der Waals surface area (Å²) in [6.45, 7) is 1.22. The molecule has 1 N–H and O–H groups in total. The second-order valence-electron chi connectivity index (χ2n) is 6.20. The van der Waals surface area contributed by atoms with Gasteiger partial charge in [0.2, 0.25) is 0 Å². The number of thiazole rings is 1. The minimum absolute atomic E-state index is 0.0901. The van der Waals surface area contributed by atoms with E-state index in [2.05, 4.69) is 17.1 Å². The molecule has 4 rings (SSSR count). The Morgan fingerprint density at radius 2 is 2.20 bits per heavy atom. The Morgan fingerprint density at radius 1 is 1.40 bits per heavy atom. The van der Waals surface area contributed by atoms with Crippen LogP contribution in [0.5, 0.6) is 0 Å². The zero-order valence-corrected chi connectivity index (χ0v) is 14.6. The Balaban J connectivity index is 1.68. The van der Waals surface area contributed by atoms with Gasteiger partial charge in [0, 0.05) is 29.6 Å². The van der Waals surface area contributed by atoms with Crippen LogP contribution in [0, 0.1) is 0 Å². The molecule has 2 atom stereocenters. The lowest BCUT2D eigenvalue weighted by atomic mass is 9.94. The summed E-state index contributed by atoms with van der Waals surface area (Å²) < 4.78 is 6.54. The summed E-state index contributed by atoms with van der Waals surface area (Å²) in [5, 5.41) is 1.84. The van der Waals surface area contributed by atoms with Gasteiger partial charge < -0.3 is 9.64 Å². The number of ether oxygens (including phenoxy) is 1. The fraction of sp³-hybridized carbons (Fsp3) is 0.278. The molecule has 0 radical (unpaired) electrons. The maximum absolute atomic E-state index is 12.3. The van der Waals surface area contributed by atoms with E-state index in [1.807, 2.05) is 17.5 Å². The van der Waals surface area contributed by atoms with Gasteiger partial charge in [0.15, 0.2) is 11.0 Å². The predicted molar refractivity (Wildman–Crippen MR) is 93.7 cm³/mol. The Hall–Kier alpha value is -2.51. The lowest BCUT2D eigenvalue weighted by Crippen LogP contribution is -3.15. The molecule has 1 aliphatic rings. The van der Waals surface area contributed by atoms with Gasteiger partial charge in [-0.1, -0.05) is 24.3 Å². The third-order valence-electron chi connectivity index (χ3n) is 4.70. The third-order valence-corrected chi connectivity index (χ3v) is 5.46. The summed E-state index contributed by atoms with van der Waals surface area (Å²) in [6.07, 6.45) is 2.36. The second-order valence-corrected chi connectivity index (χ2v) is 7.07. The van der Waals surface area contributed by atoms with Gasteiger partial charge >= 0.3 is 5.97 Å². The molecule has 0 bridgehead atoms. The molecular formula is C18H18N3O3S+. The van der Waals surface area contributed by atoms with Crippen molar-refractivity contribution in [3.05, 3.63) is 69.1 Å². The highest BCUT2D eigenvalue weighted by molar-refractivity contribution is 7.15. The highest BCUT2D eigenvalue weighted by Gasteiger charge is 2.36. The van der Waals surface area contributed by atoms with E-state index >= 15 is 0 Å². The van der Waals surface area contributed by atoms with Crippen LogP contribution < -0.4 is 10.5 Å². The Bertz CT molecular complexity index is 994. The number of carbonyl (C=O) groups is 1. The van der Waals surface area contributed by atoms with E-state index in [-0.39, 0.29) is 17.6 Å². The van der Waals surface area contributed by atoms with E-state index in [1.54, 1.807) is 12.3 Å². The molecule has 3 aromatic rings. The molecule has 25 heavy (non-hydrogen) atoms. The molecule has 0 fully saturated rings. The van der Waals surface area contributed by atoms with Crippen molar-refractivity contribution in [1.82, 2.24) is 9.38 Å². The maximum atomic E-state index is 12.3. The zero-order valence-electron chi connectivity index (χ0n) is 13.8. The first-order valence-corrected chi connectivity index (χ1v) is 8.98. The van der Waals surface area contributed by atoms with Crippen molar-refractivity contribution < 1.29 is 14.4 Å². The number of fused-ring (bicyclic) bond motifs is 2. The number of nitrogens with one attached hydrogen (secondary N) is 1. The van der Waals surface area contributed by atoms with Gasteiger partial charge in [-0.05, 0) is 5.56 Å². The lowest BCUT2D eigenvalue weighted by molar-refractivity contribution is -0.946. The van der Waals surface area contributed by atoms with E-state index in [9.17, 15) is 9.59 Å². The van der Waals surface area contributed by atoms with Crippen LogP contribution in [-0.2, 0) is 29.0 Å². The minimum atomic E-state index is -0.288. The summed E-state index contributed by atoms with van der Waals surface area (Å²) in [5.41, 5.74) is 3.03. The van der Waals surface area contributed by atoms with Gasteiger partial charge in [0.25, 0.3) is 5.56 Å². The van der Waals surface area contributed by atoms with Crippen molar-refractivity contribution in [1.29, 1.82) is 0 Å². The van der Waals surface area contributed by atoms with Crippen LogP contribution in [0.15, 0.2) is 46.7 Å². The van der Waals surface area contributed by atoms with Crippen LogP contribution >= 0.6 is 11.3 Å². The number of rotatable bonds is 3. The average molecular weight is 356 g/mol. The standard InChI is InChI=1S/C18H17N3O3S/c1-24-17(23)15-8-12-4-2-3-5-13(12)10-20(15)11-14-9-16(22)21-6-7-25-18(21)19-14/h2-7,9,15H,8,10-11H2,1H3/p+1/t15-/m0/s1. The maximum Gasteiger partial charge on any atom is 0.365 e. The quantitative estimate of drug-likeness (QED) is 0.692. The molecule has 3 heterocycles. The van der Waals surface area contributed by atoms with E-state index in [0.29, 0.717) is 30.2 Å². The summed E-state index contributed by atoms with van der Waals surface area (Å²) in [6, 6.07) is 9.42. The summed E-state index contributed by atoms with van der Waals surface area (Å²) >= 11 is 1.43. The molecular weight excluding hydrogens is 338 g/mol. The zero-order chi connectivity index (χ0) is 17.4. The van der Waals surface area contributed by atoms with Crippen molar-refractivity contribution in [3.63, 3.8) is 0 Å². The van der Waals surface area contributed by atoms with Crippen LogP contribution in [0.1, 0.15) is 16.8 Å². The average Bonchev–Trinajstić information content (AvgIpc) is 3.09. The van der Waals surface area contributed by atoms with Gasteiger partial charge in [0.05, 0.1) is 7.11 Å². The number of aromatic nitrogens is 2. The molecule has 0 saturated carbocycles. The van der Waals surface area contributed by atoms with Crippen LogP contribution in [0.2, 0.25) is 0 Å². The first-order chi connectivity index (χ1) is 12.2. The van der Waals surface area contributed by atoms with Crippen molar-refractivity contribution in [3.8, 4) is 0 Å². The van der Waals surface area contributed by atoms with E-state index < -0.39 is 0 Å². The highest BCUT2D eigenvalue weighted by Crippen LogP contribution is 2.15. The molecule has 0 spiro atoms. The number of benzene rings is 1. The molecule has 0 amide bonds. The largest absolute Gasteiger partial charge is 0.465 e. The first-order valence-electron chi connectivity index (χ1n) is 8.10. The Labute approximate surface area is 148 Å². The highest BCUT2D eigenvalue weighted by atomic mass is 32.1. The monoisotopic (exact) mass is 356 g/mol. The fourth-order valence-electron chi connectivity index (χ4n) is 3.45. The molecule has 128 valence electrons. The number of hydrogen-bond donors (Lipinski definition) is 1. The molecule has 0 saturated heterocycles. The topological polar surface area (TPSA) is 65.1 Å². The summed E-state index contributed by atoms with van der Waals surface area (Å²) in [7, 11) is 1.42. The van der Waals surface area contributed by atoms with Gasteiger partial charge in [-0.2, -0.15) is 0 Å². The van der Waals surface area contributed by atoms with Crippen molar-refractivity contribution in [2.75, 3.05) is 7.11 Å². The Kier molecular flexibility index (Phi) is 4.10. The summed E-state index contributed by atoms with van der Waals surface area (Å²) in [5.74, 6) is -0.224. The van der Waals surface area contributed by atoms with Crippen LogP contribution in [0.25, 0.3) is 4.96 Å². The molecule has 6 nitrogen and oxygen atoms in total. The number of carbonyl (C=O) groups excluding carboxylic acids is 1. The Morgan fingerprint density at radius 3 is 3.00 bits per heavy atom. The van der Waals surface area contributed by atoms with E-state index in [1.165, 1.54) is 34.0 Å². The molecule has 7 heteroatoms. The number of methoxy groups -OCH3 is 1. The van der Waals surface area contributed by atoms with Crippen molar-refractivity contribution in [2.24, 2.45) is 0 Å². The van der Waals surface area contributed by atoms with E-state index in [0.717, 1.165) is 4.90 Å². The normalized spacial score (nSPS) is 19.6. The van der Waals surface area contributed by atoms with Gasteiger partial charge in [-0.15, -0.1) is 11.3 Å². The third kappa shape index (κ3) is 2.96. The second kappa shape index (κ2) is 6.42. The van der Waals surface area contributed by atoms with Gasteiger partial charge in [0.1, 0.15) is 18.8 Å². The molecule has 1 unspecified atom stereocenters. The van der Waals surface area contributed by atoms with Gasteiger partial charge in [-0.25, -0.2) is 9.78 Å². The van der Waals surface area contributed by atoms with Gasteiger partial charge in [-0.3, -0.25) is 9.20 Å². The SMILES string of the molecule is COC(=O)[C@@H]1Cc2ccccc2C[NH+]1Cc1cc(=O)n2ccsc2n1. The number of esters is 1. The minimum Gasteiger partial charge on any atom is -0.465 e. The molecule has 1 aliphatic heterocycles. The van der Waals surface area contributed by atoms with E-state index in [4.69, 9.17) is 4.74 Å². The fourth-order valence-corrected chi connectivity index (χ4v) is 4.19.